The number of hydrogen-bond acceptors (Lipinski definition) is 3. The maximum Gasteiger partial charge on any atom is 0.309 e. The second-order valence-corrected chi connectivity index (χ2v) is 7.18. The summed E-state index contributed by atoms with van der Waals surface area (Å²) in [5.74, 6) is -1.11. The Bertz CT molecular complexity index is 751. The molecule has 1 saturated heterocycles. The molecule has 0 radical (unpaired) electrons. The summed E-state index contributed by atoms with van der Waals surface area (Å²) in [7, 11) is 0. The van der Waals surface area contributed by atoms with Gasteiger partial charge in [0.15, 0.2) is 0 Å². The van der Waals surface area contributed by atoms with Crippen molar-refractivity contribution in [2.45, 2.75) is 38.9 Å². The van der Waals surface area contributed by atoms with Crippen LogP contribution >= 0.6 is 0 Å². The average Bonchev–Trinajstić information content (AvgIpc) is 2.69. The third-order valence-electron chi connectivity index (χ3n) is 4.95. The largest absolute Gasteiger partial charge is 0.345 e. The van der Waals surface area contributed by atoms with Gasteiger partial charge >= 0.3 is 11.8 Å². The van der Waals surface area contributed by atoms with Gasteiger partial charge in [-0.1, -0.05) is 60.2 Å². The number of carbonyl (C=O) groups excluding carboxylic acids is 2. The van der Waals surface area contributed by atoms with Gasteiger partial charge in [-0.15, -0.1) is 0 Å². The minimum atomic E-state index is -0.567. The SMILES string of the molecule is Cc1ccc(CNC(=O)C(=O)NC2CCN(Cc3ccccc3)CC2)cc1. The number of piperidine rings is 1. The highest BCUT2D eigenvalue weighted by Crippen LogP contribution is 2.13. The van der Waals surface area contributed by atoms with Gasteiger partial charge in [0.25, 0.3) is 0 Å². The molecule has 27 heavy (non-hydrogen) atoms. The second-order valence-electron chi connectivity index (χ2n) is 7.18. The maximum absolute atomic E-state index is 12.1. The van der Waals surface area contributed by atoms with E-state index in [1.165, 1.54) is 11.1 Å². The summed E-state index contributed by atoms with van der Waals surface area (Å²) in [6, 6.07) is 18.3. The van der Waals surface area contributed by atoms with Crippen LogP contribution in [0.15, 0.2) is 54.6 Å². The second kappa shape index (κ2) is 9.33. The van der Waals surface area contributed by atoms with Crippen molar-refractivity contribution < 1.29 is 9.59 Å². The van der Waals surface area contributed by atoms with Gasteiger partial charge < -0.3 is 10.6 Å². The zero-order valence-corrected chi connectivity index (χ0v) is 15.8. The number of carbonyl (C=O) groups is 2. The molecule has 1 aliphatic heterocycles. The molecule has 5 heteroatoms. The van der Waals surface area contributed by atoms with Gasteiger partial charge in [-0.3, -0.25) is 14.5 Å². The van der Waals surface area contributed by atoms with Crippen LogP contribution in [0.25, 0.3) is 0 Å². The van der Waals surface area contributed by atoms with Gasteiger partial charge in [0.1, 0.15) is 0 Å². The summed E-state index contributed by atoms with van der Waals surface area (Å²) < 4.78 is 0. The predicted molar refractivity (Wildman–Crippen MR) is 106 cm³/mol. The average molecular weight is 365 g/mol. The van der Waals surface area contributed by atoms with Crippen LogP contribution in [0.1, 0.15) is 29.5 Å². The Morgan fingerprint density at radius 3 is 2.26 bits per heavy atom. The molecule has 1 aliphatic rings. The summed E-state index contributed by atoms with van der Waals surface area (Å²) in [6.07, 6.45) is 1.73. The lowest BCUT2D eigenvalue weighted by Crippen LogP contribution is -2.48. The van der Waals surface area contributed by atoms with E-state index in [1.54, 1.807) is 0 Å². The van der Waals surface area contributed by atoms with Crippen LogP contribution in [0.3, 0.4) is 0 Å². The highest BCUT2D eigenvalue weighted by Gasteiger charge is 2.23. The van der Waals surface area contributed by atoms with Gasteiger partial charge in [0.2, 0.25) is 0 Å². The predicted octanol–water partition coefficient (Wildman–Crippen LogP) is 2.39. The standard InChI is InChI=1S/C22H27N3O2/c1-17-7-9-18(10-8-17)15-23-21(26)22(27)24-20-11-13-25(14-12-20)16-19-5-3-2-4-6-19/h2-10,20H,11-16H2,1H3,(H,23,26)(H,24,27). The number of nitrogens with one attached hydrogen (secondary N) is 2. The van der Waals surface area contributed by atoms with Crippen LogP contribution in [-0.4, -0.2) is 35.8 Å². The van der Waals surface area contributed by atoms with Gasteiger partial charge in [-0.25, -0.2) is 0 Å². The van der Waals surface area contributed by atoms with E-state index in [4.69, 9.17) is 0 Å². The Morgan fingerprint density at radius 1 is 0.926 bits per heavy atom. The summed E-state index contributed by atoms with van der Waals surface area (Å²) in [5.41, 5.74) is 3.45. The van der Waals surface area contributed by atoms with Crippen LogP contribution in [0.4, 0.5) is 0 Å². The zero-order valence-electron chi connectivity index (χ0n) is 15.8. The van der Waals surface area contributed by atoms with Crippen molar-refractivity contribution in [1.82, 2.24) is 15.5 Å². The first kappa shape index (κ1) is 19.1. The molecule has 142 valence electrons. The van der Waals surface area contributed by atoms with Crippen LogP contribution in [-0.2, 0) is 22.7 Å². The summed E-state index contributed by atoms with van der Waals surface area (Å²) in [4.78, 5) is 26.5. The zero-order chi connectivity index (χ0) is 19.1. The molecule has 3 rings (SSSR count). The molecule has 2 amide bonds. The quantitative estimate of drug-likeness (QED) is 0.800. The summed E-state index contributed by atoms with van der Waals surface area (Å²) in [6.45, 7) is 5.15. The maximum atomic E-state index is 12.1. The monoisotopic (exact) mass is 365 g/mol. The molecule has 0 bridgehead atoms. The molecule has 2 aromatic carbocycles. The minimum absolute atomic E-state index is 0.0645. The summed E-state index contributed by atoms with van der Waals surface area (Å²) in [5, 5.41) is 5.56. The fraction of sp³-hybridized carbons (Fsp3) is 0.364. The number of nitrogens with zero attached hydrogens (tertiary/aromatic N) is 1. The Morgan fingerprint density at radius 2 is 1.59 bits per heavy atom. The number of likely N-dealkylation sites (tertiary alicyclic amines) is 1. The van der Waals surface area contributed by atoms with Crippen molar-refractivity contribution in [2.24, 2.45) is 0 Å². The van der Waals surface area contributed by atoms with Gasteiger partial charge in [0.05, 0.1) is 0 Å². The molecule has 0 atom stereocenters. The normalized spacial score (nSPS) is 15.3. The lowest BCUT2D eigenvalue weighted by atomic mass is 10.0. The minimum Gasteiger partial charge on any atom is -0.345 e. The Labute approximate surface area is 160 Å². The molecule has 5 nitrogen and oxygen atoms in total. The van der Waals surface area contributed by atoms with Crippen molar-refractivity contribution in [2.75, 3.05) is 13.1 Å². The number of benzene rings is 2. The molecule has 1 heterocycles. The van der Waals surface area contributed by atoms with E-state index < -0.39 is 11.8 Å². The van der Waals surface area contributed by atoms with E-state index in [2.05, 4.69) is 39.8 Å². The van der Waals surface area contributed by atoms with Crippen molar-refractivity contribution in [3.63, 3.8) is 0 Å². The molecular weight excluding hydrogens is 338 g/mol. The van der Waals surface area contributed by atoms with E-state index in [-0.39, 0.29) is 6.04 Å². The topological polar surface area (TPSA) is 61.4 Å². The fourth-order valence-electron chi connectivity index (χ4n) is 3.30. The van der Waals surface area contributed by atoms with Crippen molar-refractivity contribution in [1.29, 1.82) is 0 Å². The van der Waals surface area contributed by atoms with E-state index >= 15 is 0 Å². The third-order valence-corrected chi connectivity index (χ3v) is 4.95. The van der Waals surface area contributed by atoms with Crippen molar-refractivity contribution in [3.8, 4) is 0 Å². The highest BCUT2D eigenvalue weighted by atomic mass is 16.2. The van der Waals surface area contributed by atoms with E-state index in [0.29, 0.717) is 6.54 Å². The molecule has 2 N–H and O–H groups in total. The van der Waals surface area contributed by atoms with Crippen LogP contribution in [0.5, 0.6) is 0 Å². The molecule has 0 saturated carbocycles. The molecule has 0 spiro atoms. The van der Waals surface area contributed by atoms with E-state index in [9.17, 15) is 9.59 Å². The fourth-order valence-corrected chi connectivity index (χ4v) is 3.30. The molecule has 1 fully saturated rings. The van der Waals surface area contributed by atoms with Gasteiger partial charge in [0, 0.05) is 32.2 Å². The van der Waals surface area contributed by atoms with Crippen LogP contribution in [0.2, 0.25) is 0 Å². The number of rotatable bonds is 5. The Kier molecular flexibility index (Phi) is 6.60. The summed E-state index contributed by atoms with van der Waals surface area (Å²) >= 11 is 0. The first-order valence-electron chi connectivity index (χ1n) is 9.50. The van der Waals surface area contributed by atoms with Crippen LogP contribution in [0, 0.1) is 6.92 Å². The van der Waals surface area contributed by atoms with E-state index in [1.807, 2.05) is 37.3 Å². The number of hydrogen-bond donors (Lipinski definition) is 2. The van der Waals surface area contributed by atoms with Gasteiger partial charge in [-0.05, 0) is 30.9 Å². The number of amides is 2. The van der Waals surface area contributed by atoms with Crippen molar-refractivity contribution >= 4 is 11.8 Å². The third kappa shape index (κ3) is 5.93. The lowest BCUT2D eigenvalue weighted by Gasteiger charge is -2.32. The first-order valence-corrected chi connectivity index (χ1v) is 9.50. The van der Waals surface area contributed by atoms with Crippen LogP contribution < -0.4 is 10.6 Å². The molecule has 0 aliphatic carbocycles. The van der Waals surface area contributed by atoms with Crippen molar-refractivity contribution in [3.05, 3.63) is 71.3 Å². The lowest BCUT2D eigenvalue weighted by molar-refractivity contribution is -0.139. The number of aryl methyl sites for hydroxylation is 1. The first-order chi connectivity index (χ1) is 13.1. The van der Waals surface area contributed by atoms with E-state index in [0.717, 1.165) is 38.0 Å². The molecular formula is C22H27N3O2. The molecule has 0 aromatic heterocycles. The molecule has 2 aromatic rings. The highest BCUT2D eigenvalue weighted by molar-refractivity contribution is 6.35. The smallest absolute Gasteiger partial charge is 0.309 e. The Hall–Kier alpha value is -2.66. The Balaban J connectivity index is 1.38. The molecule has 0 unspecified atom stereocenters. The van der Waals surface area contributed by atoms with Gasteiger partial charge in [-0.2, -0.15) is 0 Å².